The van der Waals surface area contributed by atoms with Crippen molar-refractivity contribution in [2.75, 3.05) is 6.61 Å². The van der Waals surface area contributed by atoms with Gasteiger partial charge in [0, 0.05) is 5.92 Å². The van der Waals surface area contributed by atoms with Crippen molar-refractivity contribution in [3.05, 3.63) is 24.8 Å². The number of Topliss-reactive ketones (excluding diaryl/α,β-unsaturated/α-hetero) is 1. The standard InChI is InChI=1S/C12H18O3/c1-5-8-10(6-2)11(9(4)13)12(14)15-7-3/h5-6,8,10-11H,2,7H2,1,3-4H3/b8-5+. The van der Waals surface area contributed by atoms with Crippen LogP contribution in [0, 0.1) is 11.8 Å². The first-order chi connectivity index (χ1) is 7.08. The molecule has 0 saturated heterocycles. The highest BCUT2D eigenvalue weighted by Crippen LogP contribution is 2.18. The van der Waals surface area contributed by atoms with Crippen LogP contribution < -0.4 is 0 Å². The maximum atomic E-state index is 11.5. The summed E-state index contributed by atoms with van der Waals surface area (Å²) in [5.41, 5.74) is 0. The van der Waals surface area contributed by atoms with Crippen LogP contribution in [0.5, 0.6) is 0 Å². The quantitative estimate of drug-likeness (QED) is 0.383. The van der Waals surface area contributed by atoms with E-state index in [1.54, 1.807) is 25.2 Å². The average molecular weight is 210 g/mol. The first kappa shape index (κ1) is 13.6. The van der Waals surface area contributed by atoms with Crippen molar-refractivity contribution in [1.29, 1.82) is 0 Å². The van der Waals surface area contributed by atoms with E-state index in [2.05, 4.69) is 6.58 Å². The zero-order valence-electron chi connectivity index (χ0n) is 9.53. The van der Waals surface area contributed by atoms with Crippen LogP contribution in [-0.2, 0) is 14.3 Å². The smallest absolute Gasteiger partial charge is 0.317 e. The number of carbonyl (C=O) groups is 2. The Kier molecular flexibility index (Phi) is 6.34. The Labute approximate surface area is 90.8 Å². The summed E-state index contributed by atoms with van der Waals surface area (Å²) in [6.45, 7) is 8.83. The zero-order valence-corrected chi connectivity index (χ0v) is 9.53. The fourth-order valence-corrected chi connectivity index (χ4v) is 1.37. The third-order valence-electron chi connectivity index (χ3n) is 2.05. The normalized spacial score (nSPS) is 14.6. The van der Waals surface area contributed by atoms with Gasteiger partial charge >= 0.3 is 5.97 Å². The minimum Gasteiger partial charge on any atom is -0.465 e. The zero-order chi connectivity index (χ0) is 11.8. The number of carbonyl (C=O) groups excluding carboxylic acids is 2. The largest absolute Gasteiger partial charge is 0.465 e. The first-order valence-corrected chi connectivity index (χ1v) is 5.00. The summed E-state index contributed by atoms with van der Waals surface area (Å²) >= 11 is 0. The molecule has 0 rings (SSSR count). The Balaban J connectivity index is 4.84. The van der Waals surface area contributed by atoms with Crippen LogP contribution in [0.15, 0.2) is 24.8 Å². The maximum Gasteiger partial charge on any atom is 0.317 e. The molecule has 0 aliphatic heterocycles. The van der Waals surface area contributed by atoms with Crippen molar-refractivity contribution in [1.82, 2.24) is 0 Å². The Morgan fingerprint density at radius 2 is 2.07 bits per heavy atom. The van der Waals surface area contributed by atoms with Gasteiger partial charge in [-0.25, -0.2) is 0 Å². The fourth-order valence-electron chi connectivity index (χ4n) is 1.37. The number of hydrogen-bond donors (Lipinski definition) is 0. The van der Waals surface area contributed by atoms with E-state index in [4.69, 9.17) is 4.74 Å². The van der Waals surface area contributed by atoms with Crippen molar-refractivity contribution < 1.29 is 14.3 Å². The second kappa shape index (κ2) is 6.98. The summed E-state index contributed by atoms with van der Waals surface area (Å²) in [5.74, 6) is -1.73. The third-order valence-corrected chi connectivity index (χ3v) is 2.05. The summed E-state index contributed by atoms with van der Waals surface area (Å²) in [4.78, 5) is 22.9. The van der Waals surface area contributed by atoms with Crippen molar-refractivity contribution >= 4 is 11.8 Å². The molecule has 0 aromatic rings. The molecule has 84 valence electrons. The van der Waals surface area contributed by atoms with Crippen LogP contribution in [-0.4, -0.2) is 18.4 Å². The lowest BCUT2D eigenvalue weighted by atomic mass is 9.89. The van der Waals surface area contributed by atoms with Gasteiger partial charge in [0.05, 0.1) is 6.61 Å². The number of hydrogen-bond acceptors (Lipinski definition) is 3. The van der Waals surface area contributed by atoms with Gasteiger partial charge in [-0.1, -0.05) is 18.2 Å². The van der Waals surface area contributed by atoms with Crippen LogP contribution in [0.4, 0.5) is 0 Å². The molecule has 0 amide bonds. The molecule has 0 aliphatic carbocycles. The topological polar surface area (TPSA) is 43.4 Å². The number of allylic oxidation sites excluding steroid dienone is 3. The lowest BCUT2D eigenvalue weighted by molar-refractivity contribution is -0.152. The summed E-state index contributed by atoms with van der Waals surface area (Å²) in [6.07, 6.45) is 5.15. The van der Waals surface area contributed by atoms with E-state index in [1.165, 1.54) is 6.92 Å². The van der Waals surface area contributed by atoms with Gasteiger partial charge in [-0.15, -0.1) is 6.58 Å². The van der Waals surface area contributed by atoms with Crippen molar-refractivity contribution in [2.24, 2.45) is 11.8 Å². The van der Waals surface area contributed by atoms with E-state index >= 15 is 0 Å². The second-order valence-corrected chi connectivity index (χ2v) is 3.18. The van der Waals surface area contributed by atoms with E-state index in [0.29, 0.717) is 0 Å². The van der Waals surface area contributed by atoms with Crippen LogP contribution in [0.1, 0.15) is 20.8 Å². The van der Waals surface area contributed by atoms with Gasteiger partial charge in [-0.3, -0.25) is 9.59 Å². The number of ether oxygens (including phenoxy) is 1. The molecule has 0 aromatic carbocycles. The van der Waals surface area contributed by atoms with Gasteiger partial charge in [0.25, 0.3) is 0 Å². The van der Waals surface area contributed by atoms with E-state index in [1.807, 2.05) is 6.92 Å². The number of esters is 1. The van der Waals surface area contributed by atoms with Gasteiger partial charge in [-0.05, 0) is 20.8 Å². The van der Waals surface area contributed by atoms with Gasteiger partial charge in [0.1, 0.15) is 11.7 Å². The molecule has 15 heavy (non-hydrogen) atoms. The average Bonchev–Trinajstić information content (AvgIpc) is 2.16. The summed E-state index contributed by atoms with van der Waals surface area (Å²) in [5, 5.41) is 0. The van der Waals surface area contributed by atoms with Gasteiger partial charge in [0.15, 0.2) is 0 Å². The molecule has 0 radical (unpaired) electrons. The molecule has 0 aromatic heterocycles. The summed E-state index contributed by atoms with van der Waals surface area (Å²) < 4.78 is 4.85. The van der Waals surface area contributed by atoms with Crippen LogP contribution in [0.25, 0.3) is 0 Å². The molecular weight excluding hydrogens is 192 g/mol. The second-order valence-electron chi connectivity index (χ2n) is 3.18. The molecule has 0 fully saturated rings. The molecule has 0 aliphatic rings. The van der Waals surface area contributed by atoms with Crippen LogP contribution >= 0.6 is 0 Å². The van der Waals surface area contributed by atoms with Crippen molar-refractivity contribution in [2.45, 2.75) is 20.8 Å². The first-order valence-electron chi connectivity index (χ1n) is 5.00. The summed E-state index contributed by atoms with van der Waals surface area (Å²) in [6, 6.07) is 0. The molecule has 3 heteroatoms. The molecule has 3 nitrogen and oxygen atoms in total. The highest BCUT2D eigenvalue weighted by atomic mass is 16.5. The monoisotopic (exact) mass is 210 g/mol. The number of ketones is 1. The molecule has 0 N–H and O–H groups in total. The van der Waals surface area contributed by atoms with E-state index in [-0.39, 0.29) is 18.3 Å². The van der Waals surface area contributed by atoms with Gasteiger partial charge in [0.2, 0.25) is 0 Å². The highest BCUT2D eigenvalue weighted by Gasteiger charge is 2.30. The van der Waals surface area contributed by atoms with Crippen molar-refractivity contribution in [3.63, 3.8) is 0 Å². The number of rotatable bonds is 6. The molecule has 2 unspecified atom stereocenters. The maximum absolute atomic E-state index is 11.5. The van der Waals surface area contributed by atoms with E-state index in [0.717, 1.165) is 0 Å². The van der Waals surface area contributed by atoms with Crippen molar-refractivity contribution in [3.8, 4) is 0 Å². The molecule has 2 atom stereocenters. The van der Waals surface area contributed by atoms with Crippen LogP contribution in [0.2, 0.25) is 0 Å². The minimum absolute atomic E-state index is 0.198. The van der Waals surface area contributed by atoms with Crippen LogP contribution in [0.3, 0.4) is 0 Å². The molecule has 0 saturated carbocycles. The van der Waals surface area contributed by atoms with E-state index in [9.17, 15) is 9.59 Å². The Morgan fingerprint density at radius 3 is 2.40 bits per heavy atom. The lowest BCUT2D eigenvalue weighted by Crippen LogP contribution is -2.29. The molecule has 0 spiro atoms. The van der Waals surface area contributed by atoms with Gasteiger partial charge < -0.3 is 4.74 Å². The van der Waals surface area contributed by atoms with Gasteiger partial charge in [-0.2, -0.15) is 0 Å². The third kappa shape index (κ3) is 4.11. The summed E-state index contributed by atoms with van der Waals surface area (Å²) in [7, 11) is 0. The van der Waals surface area contributed by atoms with E-state index < -0.39 is 11.9 Å². The fraction of sp³-hybridized carbons (Fsp3) is 0.500. The Bertz CT molecular complexity index is 266. The highest BCUT2D eigenvalue weighted by molar-refractivity contribution is 5.98. The minimum atomic E-state index is -0.765. The predicted octanol–water partition coefficient (Wildman–Crippen LogP) is 2.13. The molecule has 0 bridgehead atoms. The Hall–Kier alpha value is -1.38. The SMILES string of the molecule is C=CC(/C=C/C)C(C(C)=O)C(=O)OCC. The molecule has 0 heterocycles. The predicted molar refractivity (Wildman–Crippen MR) is 59.3 cm³/mol. The Morgan fingerprint density at radius 1 is 1.47 bits per heavy atom. The lowest BCUT2D eigenvalue weighted by Gasteiger charge is -2.17. The molecular formula is C12H18O3.